The molecule has 2 atom stereocenters. The maximum Gasteiger partial charge on any atom is 0.0658 e. The summed E-state index contributed by atoms with van der Waals surface area (Å²) in [6.07, 6.45) is 6.96. The quantitative estimate of drug-likeness (QED) is 0.915. The van der Waals surface area contributed by atoms with Crippen LogP contribution in [0.5, 0.6) is 0 Å². The van der Waals surface area contributed by atoms with E-state index in [4.69, 9.17) is 0 Å². The van der Waals surface area contributed by atoms with Crippen molar-refractivity contribution in [2.45, 2.75) is 44.1 Å². The highest BCUT2D eigenvalue weighted by Crippen LogP contribution is 2.39. The van der Waals surface area contributed by atoms with Gasteiger partial charge in [-0.3, -0.25) is 4.98 Å². The molecule has 0 aliphatic heterocycles. The molecule has 0 fully saturated rings. The molecule has 1 aromatic heterocycles. The predicted octanol–water partition coefficient (Wildman–Crippen LogP) is 3.28. The number of aliphatic hydroxyl groups excluding tert-OH is 1. The smallest absolute Gasteiger partial charge is 0.0658 e. The summed E-state index contributed by atoms with van der Waals surface area (Å²) < 4.78 is 0. The number of hydrogen-bond acceptors (Lipinski definition) is 2. The number of aromatic nitrogens is 1. The van der Waals surface area contributed by atoms with Gasteiger partial charge in [-0.2, -0.15) is 0 Å². The van der Waals surface area contributed by atoms with Gasteiger partial charge in [-0.25, -0.2) is 0 Å². The fraction of sp³-hybridized carbons (Fsp3) is 0.421. The number of benzene rings is 1. The summed E-state index contributed by atoms with van der Waals surface area (Å²) in [5, 5.41) is 11.0. The molecule has 1 N–H and O–H groups in total. The predicted molar refractivity (Wildman–Crippen MR) is 83.3 cm³/mol. The Hall–Kier alpha value is -1.67. The lowest BCUT2D eigenvalue weighted by Crippen LogP contribution is -2.31. The Labute approximate surface area is 125 Å². The molecule has 108 valence electrons. The van der Waals surface area contributed by atoms with Crippen molar-refractivity contribution in [3.05, 3.63) is 65.0 Å². The van der Waals surface area contributed by atoms with Crippen LogP contribution in [0.2, 0.25) is 0 Å². The molecule has 0 saturated carbocycles. The Morgan fingerprint density at radius 1 is 1.00 bits per heavy atom. The molecule has 2 aliphatic carbocycles. The summed E-state index contributed by atoms with van der Waals surface area (Å²) in [5.74, 6) is 0.564. The molecule has 2 aliphatic rings. The van der Waals surface area contributed by atoms with Gasteiger partial charge in [0.2, 0.25) is 0 Å². The highest BCUT2D eigenvalue weighted by molar-refractivity contribution is 5.34. The first-order valence-electron chi connectivity index (χ1n) is 8.01. The second-order valence-electron chi connectivity index (χ2n) is 6.47. The van der Waals surface area contributed by atoms with E-state index in [2.05, 4.69) is 35.3 Å². The maximum atomic E-state index is 11.0. The zero-order valence-electron chi connectivity index (χ0n) is 12.2. The second kappa shape index (κ2) is 5.27. The van der Waals surface area contributed by atoms with Crippen LogP contribution in [0.1, 0.15) is 41.1 Å². The summed E-state index contributed by atoms with van der Waals surface area (Å²) in [4.78, 5) is 4.58. The van der Waals surface area contributed by atoms with Crippen molar-refractivity contribution < 1.29 is 5.11 Å². The van der Waals surface area contributed by atoms with Crippen molar-refractivity contribution >= 4 is 0 Å². The minimum absolute atomic E-state index is 0.217. The summed E-state index contributed by atoms with van der Waals surface area (Å²) in [5.41, 5.74) is 5.31. The van der Waals surface area contributed by atoms with E-state index >= 15 is 0 Å². The number of hydrogen-bond donors (Lipinski definition) is 1. The Morgan fingerprint density at radius 2 is 1.71 bits per heavy atom. The molecule has 1 aromatic carbocycles. The van der Waals surface area contributed by atoms with Crippen LogP contribution in [0.15, 0.2) is 42.6 Å². The molecule has 2 heteroatoms. The highest BCUT2D eigenvalue weighted by atomic mass is 16.3. The van der Waals surface area contributed by atoms with Gasteiger partial charge in [0.1, 0.15) is 0 Å². The van der Waals surface area contributed by atoms with Crippen molar-refractivity contribution in [2.75, 3.05) is 0 Å². The van der Waals surface area contributed by atoms with Crippen LogP contribution in [0.4, 0.5) is 0 Å². The van der Waals surface area contributed by atoms with Gasteiger partial charge in [0.05, 0.1) is 6.10 Å². The lowest BCUT2D eigenvalue weighted by Gasteiger charge is -2.31. The summed E-state index contributed by atoms with van der Waals surface area (Å²) in [6, 6.07) is 12.8. The largest absolute Gasteiger partial charge is 0.392 e. The van der Waals surface area contributed by atoms with Gasteiger partial charge >= 0.3 is 0 Å². The molecule has 2 aromatic rings. The number of rotatable bonds is 2. The van der Waals surface area contributed by atoms with Crippen molar-refractivity contribution in [2.24, 2.45) is 5.92 Å². The SMILES string of the molecule is OC(C1Cc2ccccc2C1)C1CCCc2cccnc21. The van der Waals surface area contributed by atoms with Crippen LogP contribution in [0.25, 0.3) is 0 Å². The van der Waals surface area contributed by atoms with E-state index in [9.17, 15) is 5.11 Å². The Kier molecular flexibility index (Phi) is 3.27. The summed E-state index contributed by atoms with van der Waals surface area (Å²) in [6.45, 7) is 0. The third-order valence-electron chi connectivity index (χ3n) is 5.22. The number of nitrogens with zero attached hydrogens (tertiary/aromatic N) is 1. The Bertz CT molecular complexity index is 627. The molecule has 2 nitrogen and oxygen atoms in total. The van der Waals surface area contributed by atoms with Crippen molar-refractivity contribution in [3.63, 3.8) is 0 Å². The number of pyridine rings is 1. The van der Waals surface area contributed by atoms with Gasteiger partial charge in [0.15, 0.2) is 0 Å². The van der Waals surface area contributed by atoms with Crippen LogP contribution < -0.4 is 0 Å². The van der Waals surface area contributed by atoms with Crippen LogP contribution in [0, 0.1) is 5.92 Å². The van der Waals surface area contributed by atoms with Crippen LogP contribution >= 0.6 is 0 Å². The summed E-state index contributed by atoms with van der Waals surface area (Å²) >= 11 is 0. The topological polar surface area (TPSA) is 33.1 Å². The second-order valence-corrected chi connectivity index (χ2v) is 6.47. The maximum absolute atomic E-state index is 11.0. The molecule has 0 spiro atoms. The molecular formula is C19H21NO. The molecule has 21 heavy (non-hydrogen) atoms. The van der Waals surface area contributed by atoms with Gasteiger partial charge < -0.3 is 5.11 Å². The zero-order chi connectivity index (χ0) is 14.2. The van der Waals surface area contributed by atoms with E-state index < -0.39 is 0 Å². The average Bonchev–Trinajstić information content (AvgIpc) is 2.97. The van der Waals surface area contributed by atoms with Gasteiger partial charge in [0, 0.05) is 17.8 Å². The molecule has 0 amide bonds. The molecule has 2 unspecified atom stereocenters. The Balaban J connectivity index is 1.59. The minimum atomic E-state index is -0.272. The van der Waals surface area contributed by atoms with Gasteiger partial charge in [-0.05, 0) is 60.8 Å². The van der Waals surface area contributed by atoms with E-state index in [1.807, 2.05) is 12.3 Å². The molecular weight excluding hydrogens is 258 g/mol. The normalized spacial score (nSPS) is 22.6. The fourth-order valence-electron chi connectivity index (χ4n) is 4.14. The van der Waals surface area contributed by atoms with Crippen LogP contribution in [-0.4, -0.2) is 16.2 Å². The first-order valence-corrected chi connectivity index (χ1v) is 8.01. The molecule has 1 heterocycles. The standard InChI is InChI=1S/C19H21NO/c21-19(16-11-14-5-1-2-6-15(14)12-16)17-9-3-7-13-8-4-10-20-18(13)17/h1-2,4-6,8,10,16-17,19,21H,3,7,9,11-12H2. The molecule has 0 saturated heterocycles. The van der Waals surface area contributed by atoms with Crippen molar-refractivity contribution in [1.29, 1.82) is 0 Å². The lowest BCUT2D eigenvalue weighted by atomic mass is 9.78. The third kappa shape index (κ3) is 2.28. The van der Waals surface area contributed by atoms with Crippen LogP contribution in [0.3, 0.4) is 0 Å². The summed E-state index contributed by atoms with van der Waals surface area (Å²) in [7, 11) is 0. The van der Waals surface area contributed by atoms with E-state index in [-0.39, 0.29) is 12.0 Å². The highest BCUT2D eigenvalue weighted by Gasteiger charge is 2.35. The molecule has 0 bridgehead atoms. The van der Waals surface area contributed by atoms with Gasteiger partial charge in [-0.15, -0.1) is 0 Å². The number of aliphatic hydroxyl groups is 1. The van der Waals surface area contributed by atoms with Gasteiger partial charge in [0.25, 0.3) is 0 Å². The lowest BCUT2D eigenvalue weighted by molar-refractivity contribution is 0.0764. The first-order chi connectivity index (χ1) is 10.3. The van der Waals surface area contributed by atoms with E-state index in [1.54, 1.807) is 0 Å². The number of fused-ring (bicyclic) bond motifs is 2. The average molecular weight is 279 g/mol. The zero-order valence-corrected chi connectivity index (χ0v) is 12.2. The van der Waals surface area contributed by atoms with E-state index in [1.165, 1.54) is 23.1 Å². The minimum Gasteiger partial charge on any atom is -0.392 e. The fourth-order valence-corrected chi connectivity index (χ4v) is 4.14. The first kappa shape index (κ1) is 13.0. The molecule has 0 radical (unpaired) electrons. The monoisotopic (exact) mass is 279 g/mol. The van der Waals surface area contributed by atoms with E-state index in [0.29, 0.717) is 5.92 Å². The van der Waals surface area contributed by atoms with Gasteiger partial charge in [-0.1, -0.05) is 30.3 Å². The van der Waals surface area contributed by atoms with E-state index in [0.717, 1.165) is 31.4 Å². The van der Waals surface area contributed by atoms with Crippen LogP contribution in [-0.2, 0) is 19.3 Å². The van der Waals surface area contributed by atoms with Crippen molar-refractivity contribution in [3.8, 4) is 0 Å². The molecule has 4 rings (SSSR count). The Morgan fingerprint density at radius 3 is 2.48 bits per heavy atom. The van der Waals surface area contributed by atoms with Crippen molar-refractivity contribution in [1.82, 2.24) is 4.98 Å². The third-order valence-corrected chi connectivity index (χ3v) is 5.22. The number of aryl methyl sites for hydroxylation is 1.